The van der Waals surface area contributed by atoms with Crippen LogP contribution in [0, 0.1) is 11.6 Å². The Morgan fingerprint density at radius 1 is 1.28 bits per heavy atom. The van der Waals surface area contributed by atoms with E-state index in [0.29, 0.717) is 31.6 Å². The number of hydrogen-bond donors (Lipinski definition) is 1. The highest BCUT2D eigenvalue weighted by Gasteiger charge is 2.28. The van der Waals surface area contributed by atoms with Crippen LogP contribution < -0.4 is 0 Å². The van der Waals surface area contributed by atoms with E-state index in [1.165, 1.54) is 4.90 Å². The summed E-state index contributed by atoms with van der Waals surface area (Å²) >= 11 is 0. The molecule has 3 rings (SSSR count). The zero-order valence-corrected chi connectivity index (χ0v) is 14.1. The topological polar surface area (TPSA) is 71.2 Å². The number of nitrogens with zero attached hydrogens (tertiary/aromatic N) is 4. The van der Waals surface area contributed by atoms with Gasteiger partial charge in [0.2, 0.25) is 0 Å². The number of hydrogen-bond acceptors (Lipinski definition) is 4. The molecule has 8 heteroatoms. The van der Waals surface area contributed by atoms with Gasteiger partial charge in [0, 0.05) is 13.1 Å². The maximum atomic E-state index is 13.8. The highest BCUT2D eigenvalue weighted by molar-refractivity contribution is 5.94. The van der Waals surface area contributed by atoms with Gasteiger partial charge in [-0.05, 0) is 44.9 Å². The predicted octanol–water partition coefficient (Wildman–Crippen LogP) is 2.26. The molecule has 1 aliphatic rings. The summed E-state index contributed by atoms with van der Waals surface area (Å²) in [6.07, 6.45) is 2.95. The number of benzene rings is 1. The van der Waals surface area contributed by atoms with Gasteiger partial charge in [0.15, 0.2) is 0 Å². The molecule has 6 nitrogen and oxygen atoms in total. The van der Waals surface area contributed by atoms with Gasteiger partial charge in [-0.3, -0.25) is 4.79 Å². The number of aliphatic hydroxyl groups is 1. The lowest BCUT2D eigenvalue weighted by atomic mass is 10.0. The van der Waals surface area contributed by atoms with Gasteiger partial charge in [-0.2, -0.15) is 0 Å². The van der Waals surface area contributed by atoms with E-state index in [2.05, 4.69) is 10.3 Å². The number of aromatic nitrogens is 3. The van der Waals surface area contributed by atoms with Crippen LogP contribution in [-0.2, 0) is 5.60 Å². The molecule has 1 aliphatic heterocycles. The molecular formula is C17H20F2N4O2. The summed E-state index contributed by atoms with van der Waals surface area (Å²) in [6, 6.07) is 2.92. The number of amides is 1. The first kappa shape index (κ1) is 17.5. The van der Waals surface area contributed by atoms with Gasteiger partial charge in [-0.1, -0.05) is 5.21 Å². The molecule has 0 saturated carbocycles. The second kappa shape index (κ2) is 6.51. The summed E-state index contributed by atoms with van der Waals surface area (Å²) in [6.45, 7) is 4.10. The van der Waals surface area contributed by atoms with Crippen LogP contribution >= 0.6 is 0 Å². The molecule has 0 atom stereocenters. The van der Waals surface area contributed by atoms with Crippen LogP contribution in [0.4, 0.5) is 8.78 Å². The van der Waals surface area contributed by atoms with Crippen molar-refractivity contribution in [1.29, 1.82) is 0 Å². The Bertz CT molecular complexity index is 777. The number of carbonyl (C=O) groups is 1. The van der Waals surface area contributed by atoms with E-state index in [1.54, 1.807) is 24.7 Å². The largest absolute Gasteiger partial charge is 0.384 e. The van der Waals surface area contributed by atoms with Gasteiger partial charge in [0.1, 0.15) is 22.9 Å². The fourth-order valence-corrected chi connectivity index (χ4v) is 2.90. The Hall–Kier alpha value is -2.35. The normalized spacial score (nSPS) is 16.3. The smallest absolute Gasteiger partial charge is 0.256 e. The molecule has 1 N–H and O–H groups in total. The summed E-state index contributed by atoms with van der Waals surface area (Å²) in [5, 5.41) is 18.0. The van der Waals surface area contributed by atoms with Gasteiger partial charge in [0.05, 0.1) is 17.8 Å². The molecule has 0 unspecified atom stereocenters. The van der Waals surface area contributed by atoms with Crippen molar-refractivity contribution in [2.75, 3.05) is 13.1 Å². The summed E-state index contributed by atoms with van der Waals surface area (Å²) < 4.78 is 28.7. The molecule has 0 aliphatic carbocycles. The third-order valence-corrected chi connectivity index (χ3v) is 4.42. The molecule has 1 aromatic heterocycles. The molecule has 2 aromatic rings. The lowest BCUT2D eigenvalue weighted by Gasteiger charge is -2.32. The van der Waals surface area contributed by atoms with Gasteiger partial charge >= 0.3 is 0 Å². The van der Waals surface area contributed by atoms with E-state index in [1.807, 2.05) is 0 Å². The summed E-state index contributed by atoms with van der Waals surface area (Å²) in [4.78, 5) is 13.9. The molecular weight excluding hydrogens is 330 g/mol. The van der Waals surface area contributed by atoms with Crippen molar-refractivity contribution in [3.8, 4) is 0 Å². The van der Waals surface area contributed by atoms with Crippen molar-refractivity contribution < 1.29 is 18.7 Å². The van der Waals surface area contributed by atoms with E-state index in [4.69, 9.17) is 0 Å². The molecule has 0 spiro atoms. The molecule has 2 heterocycles. The van der Waals surface area contributed by atoms with Crippen molar-refractivity contribution >= 4 is 5.91 Å². The van der Waals surface area contributed by atoms with Gasteiger partial charge in [-0.15, -0.1) is 5.10 Å². The summed E-state index contributed by atoms with van der Waals surface area (Å²) in [7, 11) is 0. The Morgan fingerprint density at radius 2 is 1.96 bits per heavy atom. The average molecular weight is 350 g/mol. The van der Waals surface area contributed by atoms with Gasteiger partial charge < -0.3 is 10.0 Å². The first-order chi connectivity index (χ1) is 11.8. The number of rotatable bonds is 3. The minimum atomic E-state index is -1.07. The molecule has 1 saturated heterocycles. The first-order valence-electron chi connectivity index (χ1n) is 8.14. The Morgan fingerprint density at radius 3 is 2.56 bits per heavy atom. The maximum absolute atomic E-state index is 13.8. The van der Waals surface area contributed by atoms with E-state index < -0.39 is 23.1 Å². The van der Waals surface area contributed by atoms with E-state index >= 15 is 0 Å². The second-order valence-corrected chi connectivity index (χ2v) is 6.79. The zero-order chi connectivity index (χ0) is 18.2. The highest BCUT2D eigenvalue weighted by atomic mass is 19.1. The van der Waals surface area contributed by atoms with Crippen LogP contribution in [0.2, 0.25) is 0 Å². The monoisotopic (exact) mass is 350 g/mol. The third-order valence-electron chi connectivity index (χ3n) is 4.42. The van der Waals surface area contributed by atoms with Crippen LogP contribution in [0.5, 0.6) is 0 Å². The van der Waals surface area contributed by atoms with Crippen molar-refractivity contribution in [2.45, 2.75) is 38.3 Å². The Balaban J connectivity index is 1.66. The van der Waals surface area contributed by atoms with Crippen LogP contribution in [0.1, 0.15) is 48.8 Å². The molecule has 25 heavy (non-hydrogen) atoms. The van der Waals surface area contributed by atoms with Crippen molar-refractivity contribution in [3.05, 3.63) is 47.3 Å². The van der Waals surface area contributed by atoms with Gasteiger partial charge in [0.25, 0.3) is 5.91 Å². The van der Waals surface area contributed by atoms with E-state index in [0.717, 1.165) is 18.2 Å². The summed E-state index contributed by atoms with van der Waals surface area (Å²) in [5.41, 5.74) is -0.833. The fraction of sp³-hybridized carbons (Fsp3) is 0.471. The standard InChI is InChI=1S/C17H20F2N4O2/c1-17(2,25)15-10-23(21-20-15)12-5-7-22(8-6-12)16(24)13-9-11(18)3-4-14(13)19/h3-4,9-10,12,25H,5-8H2,1-2H3. The average Bonchev–Trinajstić information content (AvgIpc) is 3.07. The maximum Gasteiger partial charge on any atom is 0.256 e. The molecule has 134 valence electrons. The van der Waals surface area contributed by atoms with Crippen LogP contribution in [0.25, 0.3) is 0 Å². The number of likely N-dealkylation sites (tertiary alicyclic amines) is 1. The van der Waals surface area contributed by atoms with Crippen molar-refractivity contribution in [1.82, 2.24) is 19.9 Å². The lowest BCUT2D eigenvalue weighted by Crippen LogP contribution is -2.39. The molecule has 1 amide bonds. The number of piperidine rings is 1. The van der Waals surface area contributed by atoms with Gasteiger partial charge in [-0.25, -0.2) is 13.5 Å². The quantitative estimate of drug-likeness (QED) is 0.922. The first-order valence-corrected chi connectivity index (χ1v) is 8.14. The van der Waals surface area contributed by atoms with Crippen LogP contribution in [0.3, 0.4) is 0 Å². The molecule has 1 aromatic carbocycles. The van der Waals surface area contributed by atoms with E-state index in [9.17, 15) is 18.7 Å². The lowest BCUT2D eigenvalue weighted by molar-refractivity contribution is 0.0684. The minimum absolute atomic E-state index is 0.0463. The van der Waals surface area contributed by atoms with Crippen LogP contribution in [0.15, 0.2) is 24.4 Å². The molecule has 0 radical (unpaired) electrons. The predicted molar refractivity (Wildman–Crippen MR) is 85.8 cm³/mol. The fourth-order valence-electron chi connectivity index (χ4n) is 2.90. The van der Waals surface area contributed by atoms with Crippen LogP contribution in [-0.4, -0.2) is 44.0 Å². The second-order valence-electron chi connectivity index (χ2n) is 6.79. The zero-order valence-electron chi connectivity index (χ0n) is 14.1. The number of carbonyl (C=O) groups excluding carboxylic acids is 1. The Labute approximate surface area is 144 Å². The minimum Gasteiger partial charge on any atom is -0.384 e. The van der Waals surface area contributed by atoms with Crippen molar-refractivity contribution in [2.24, 2.45) is 0 Å². The third kappa shape index (κ3) is 3.68. The van der Waals surface area contributed by atoms with Crippen molar-refractivity contribution in [3.63, 3.8) is 0 Å². The number of halogens is 2. The summed E-state index contributed by atoms with van der Waals surface area (Å²) in [5.74, 6) is -1.87. The Kier molecular flexibility index (Phi) is 4.55. The molecule has 1 fully saturated rings. The highest BCUT2D eigenvalue weighted by Crippen LogP contribution is 2.25. The molecule has 0 bridgehead atoms. The van der Waals surface area contributed by atoms with E-state index in [-0.39, 0.29) is 11.6 Å². The SMILES string of the molecule is CC(C)(O)c1cn(C2CCN(C(=O)c3cc(F)ccc3F)CC2)nn1.